The first-order valence-corrected chi connectivity index (χ1v) is 8.56. The van der Waals surface area contributed by atoms with Gasteiger partial charge < -0.3 is 14.5 Å². The van der Waals surface area contributed by atoms with Crippen molar-refractivity contribution in [3.05, 3.63) is 44.8 Å². The first-order valence-electron chi connectivity index (χ1n) is 6.98. The highest BCUT2D eigenvalue weighted by atomic mass is 79.9. The van der Waals surface area contributed by atoms with E-state index >= 15 is 0 Å². The quantitative estimate of drug-likeness (QED) is 0.439. The highest BCUT2D eigenvalue weighted by molar-refractivity contribution is 9.11. The fourth-order valence-corrected chi connectivity index (χ4v) is 3.90. The van der Waals surface area contributed by atoms with Crippen LogP contribution in [0.2, 0.25) is 0 Å². The lowest BCUT2D eigenvalue weighted by molar-refractivity contribution is 0.387. The van der Waals surface area contributed by atoms with E-state index in [0.29, 0.717) is 21.9 Å². The van der Waals surface area contributed by atoms with Crippen LogP contribution in [0.5, 0.6) is 11.5 Å². The highest BCUT2D eigenvalue weighted by Gasteiger charge is 2.15. The van der Waals surface area contributed by atoms with Crippen molar-refractivity contribution in [1.29, 1.82) is 0 Å². The summed E-state index contributed by atoms with van der Waals surface area (Å²) in [5, 5.41) is 4.22. The van der Waals surface area contributed by atoms with Crippen molar-refractivity contribution in [2.24, 2.45) is 5.10 Å². The number of nitrogens with one attached hydrogen (secondary N) is 2. The number of para-hydroxylation sites is 2. The highest BCUT2D eigenvalue weighted by Crippen LogP contribution is 2.42. The van der Waals surface area contributed by atoms with Crippen LogP contribution in [-0.2, 0) is 0 Å². The normalized spacial score (nSPS) is 11.2. The fraction of sp³-hybridized carbons (Fsp3) is 0.125. The van der Waals surface area contributed by atoms with Gasteiger partial charge in [0.2, 0.25) is 5.95 Å². The third kappa shape index (κ3) is 3.25. The number of fused-ring (bicyclic) bond motifs is 1. The van der Waals surface area contributed by atoms with Gasteiger partial charge in [-0.05, 0) is 50.1 Å². The molecule has 2 aromatic carbocycles. The number of hydrazone groups is 1. The second-order valence-corrected chi connectivity index (χ2v) is 6.45. The van der Waals surface area contributed by atoms with E-state index in [1.165, 1.54) is 0 Å². The minimum absolute atomic E-state index is 0.568. The maximum Gasteiger partial charge on any atom is 0.222 e. The van der Waals surface area contributed by atoms with Gasteiger partial charge in [-0.15, -0.1) is 0 Å². The molecule has 0 unspecified atom stereocenters. The summed E-state index contributed by atoms with van der Waals surface area (Å²) < 4.78 is 12.3. The van der Waals surface area contributed by atoms with Gasteiger partial charge >= 0.3 is 0 Å². The monoisotopic (exact) mass is 452 g/mol. The summed E-state index contributed by atoms with van der Waals surface area (Å²) in [5.74, 6) is 1.86. The smallest absolute Gasteiger partial charge is 0.222 e. The maximum absolute atomic E-state index is 5.43. The molecule has 0 spiro atoms. The number of imidazole rings is 1. The minimum atomic E-state index is 0.568. The summed E-state index contributed by atoms with van der Waals surface area (Å²) in [6.45, 7) is 0. The number of halogens is 2. The van der Waals surface area contributed by atoms with E-state index in [4.69, 9.17) is 9.47 Å². The van der Waals surface area contributed by atoms with Crippen molar-refractivity contribution in [3.8, 4) is 11.5 Å². The molecule has 1 aromatic heterocycles. The van der Waals surface area contributed by atoms with Crippen LogP contribution in [0.15, 0.2) is 44.4 Å². The summed E-state index contributed by atoms with van der Waals surface area (Å²) in [6, 6.07) is 9.64. The zero-order valence-corrected chi connectivity index (χ0v) is 16.1. The summed E-state index contributed by atoms with van der Waals surface area (Å²) in [7, 11) is 3.19. The first-order chi connectivity index (χ1) is 11.6. The number of aromatic amines is 1. The van der Waals surface area contributed by atoms with Crippen molar-refractivity contribution < 1.29 is 9.47 Å². The Morgan fingerprint density at radius 1 is 1.17 bits per heavy atom. The number of rotatable bonds is 5. The molecule has 0 aliphatic heterocycles. The number of ether oxygens (including phenoxy) is 2. The summed E-state index contributed by atoms with van der Waals surface area (Å²) in [6.07, 6.45) is 1.65. The standard InChI is InChI=1S/C16H14Br2N4O2/c1-23-14-9(7-10(17)15(24-2)13(14)18)8-19-22-16-20-11-5-3-4-6-12(11)21-16/h3-8H,1-2H3,(H2,20,21,22)/b19-8-. The molecule has 3 rings (SSSR count). The van der Waals surface area contributed by atoms with Crippen LogP contribution >= 0.6 is 31.9 Å². The Kier molecular flexibility index (Phi) is 5.06. The molecule has 124 valence electrons. The molecule has 1 heterocycles. The number of methoxy groups -OCH3 is 2. The first kappa shape index (κ1) is 16.8. The predicted molar refractivity (Wildman–Crippen MR) is 102 cm³/mol. The Morgan fingerprint density at radius 2 is 1.92 bits per heavy atom. The largest absolute Gasteiger partial charge is 0.495 e. The molecule has 0 aliphatic carbocycles. The predicted octanol–water partition coefficient (Wildman–Crippen LogP) is 4.55. The molecule has 6 nitrogen and oxygen atoms in total. The van der Waals surface area contributed by atoms with E-state index in [1.807, 2.05) is 30.3 Å². The average Bonchev–Trinajstić information content (AvgIpc) is 2.98. The van der Waals surface area contributed by atoms with Crippen molar-refractivity contribution in [1.82, 2.24) is 9.97 Å². The van der Waals surface area contributed by atoms with E-state index in [-0.39, 0.29) is 0 Å². The van der Waals surface area contributed by atoms with Gasteiger partial charge in [-0.25, -0.2) is 10.4 Å². The lowest BCUT2D eigenvalue weighted by Crippen LogP contribution is -1.98. The average molecular weight is 454 g/mol. The Labute approximate surface area is 155 Å². The number of H-pyrrole nitrogens is 1. The zero-order valence-electron chi connectivity index (χ0n) is 12.9. The number of hydrogen-bond acceptors (Lipinski definition) is 5. The van der Waals surface area contributed by atoms with Gasteiger partial charge in [0, 0.05) is 5.56 Å². The molecular weight excluding hydrogens is 440 g/mol. The van der Waals surface area contributed by atoms with Crippen molar-refractivity contribution in [2.75, 3.05) is 19.6 Å². The van der Waals surface area contributed by atoms with Crippen LogP contribution in [0.3, 0.4) is 0 Å². The van der Waals surface area contributed by atoms with Gasteiger partial charge in [0.25, 0.3) is 0 Å². The van der Waals surface area contributed by atoms with Gasteiger partial charge in [0.1, 0.15) is 10.2 Å². The molecule has 0 fully saturated rings. The summed E-state index contributed by atoms with van der Waals surface area (Å²) >= 11 is 6.95. The second-order valence-electron chi connectivity index (χ2n) is 4.80. The van der Waals surface area contributed by atoms with Crippen molar-refractivity contribution >= 4 is 55.1 Å². The van der Waals surface area contributed by atoms with Crippen LogP contribution in [-0.4, -0.2) is 30.4 Å². The fourth-order valence-electron chi connectivity index (χ4n) is 2.26. The van der Waals surface area contributed by atoms with Gasteiger partial charge in [0.05, 0.1) is 35.9 Å². The number of benzene rings is 2. The lowest BCUT2D eigenvalue weighted by atomic mass is 10.2. The number of aromatic nitrogens is 2. The molecule has 0 radical (unpaired) electrons. The molecule has 24 heavy (non-hydrogen) atoms. The molecule has 3 aromatic rings. The van der Waals surface area contributed by atoms with Crippen molar-refractivity contribution in [3.63, 3.8) is 0 Å². The minimum Gasteiger partial charge on any atom is -0.495 e. The summed E-state index contributed by atoms with van der Waals surface area (Å²) in [4.78, 5) is 7.54. The Bertz CT molecular complexity index is 875. The molecule has 0 saturated carbocycles. The van der Waals surface area contributed by atoms with Crippen LogP contribution in [0.1, 0.15) is 5.56 Å². The van der Waals surface area contributed by atoms with Gasteiger partial charge in [-0.2, -0.15) is 5.10 Å². The third-order valence-electron chi connectivity index (χ3n) is 3.33. The molecule has 0 bridgehead atoms. The number of anilines is 1. The molecule has 0 atom stereocenters. The molecule has 2 N–H and O–H groups in total. The molecule has 0 saturated heterocycles. The number of nitrogens with zero attached hydrogens (tertiary/aromatic N) is 2. The van der Waals surface area contributed by atoms with Crippen LogP contribution in [0.4, 0.5) is 5.95 Å². The van der Waals surface area contributed by atoms with E-state index < -0.39 is 0 Å². The molecule has 8 heteroatoms. The van der Waals surface area contributed by atoms with Crippen LogP contribution < -0.4 is 14.9 Å². The van der Waals surface area contributed by atoms with Crippen molar-refractivity contribution in [2.45, 2.75) is 0 Å². The van der Waals surface area contributed by atoms with E-state index in [1.54, 1.807) is 20.4 Å². The molecule has 0 aliphatic rings. The van der Waals surface area contributed by atoms with Crippen LogP contribution in [0.25, 0.3) is 11.0 Å². The van der Waals surface area contributed by atoms with Gasteiger partial charge in [0.15, 0.2) is 5.75 Å². The third-order valence-corrected chi connectivity index (χ3v) is 4.64. The molecule has 0 amide bonds. The van der Waals surface area contributed by atoms with Gasteiger partial charge in [-0.1, -0.05) is 12.1 Å². The Morgan fingerprint density at radius 3 is 2.62 bits per heavy atom. The topological polar surface area (TPSA) is 71.5 Å². The van der Waals surface area contributed by atoms with E-state index in [0.717, 1.165) is 21.1 Å². The SMILES string of the molecule is COc1c(Br)cc(/C=N\Nc2nc3ccccc3[nH]2)c(OC)c1Br. The molecular formula is C16H14Br2N4O2. The van der Waals surface area contributed by atoms with E-state index in [9.17, 15) is 0 Å². The second kappa shape index (κ2) is 7.23. The Balaban J connectivity index is 1.86. The lowest BCUT2D eigenvalue weighted by Gasteiger charge is -2.12. The van der Waals surface area contributed by atoms with Crippen LogP contribution in [0, 0.1) is 0 Å². The van der Waals surface area contributed by atoms with E-state index in [2.05, 4.69) is 52.4 Å². The zero-order chi connectivity index (χ0) is 17.1. The Hall–Kier alpha value is -2.06. The maximum atomic E-state index is 5.43. The number of hydrogen-bond donors (Lipinski definition) is 2. The van der Waals surface area contributed by atoms with Gasteiger partial charge in [-0.3, -0.25) is 0 Å². The summed E-state index contributed by atoms with van der Waals surface area (Å²) in [5.41, 5.74) is 5.49.